The van der Waals surface area contributed by atoms with Crippen LogP contribution in [-0.4, -0.2) is 6.61 Å². The molecular formula is C25H27F3O. The van der Waals surface area contributed by atoms with E-state index in [1.165, 1.54) is 25.1 Å². The summed E-state index contributed by atoms with van der Waals surface area (Å²) in [5, 5.41) is 0. The second-order valence-corrected chi connectivity index (χ2v) is 7.76. The lowest BCUT2D eigenvalue weighted by atomic mass is 9.78. The minimum Gasteiger partial charge on any atom is -0.493 e. The lowest BCUT2D eigenvalue weighted by Gasteiger charge is -2.26. The molecule has 1 aliphatic rings. The molecule has 0 saturated heterocycles. The van der Waals surface area contributed by atoms with Crippen molar-refractivity contribution in [3.05, 3.63) is 64.5 Å². The third kappa shape index (κ3) is 5.35. The van der Waals surface area contributed by atoms with Crippen LogP contribution < -0.4 is 4.74 Å². The monoisotopic (exact) mass is 400 g/mol. The lowest BCUT2D eigenvalue weighted by Crippen LogP contribution is -2.13. The molecule has 0 heterocycles. The fraction of sp³-hybridized carbons (Fsp3) is 0.440. The van der Waals surface area contributed by atoms with Gasteiger partial charge in [-0.05, 0) is 68.2 Å². The van der Waals surface area contributed by atoms with Crippen LogP contribution >= 0.6 is 0 Å². The Bertz CT molecular complexity index is 902. The van der Waals surface area contributed by atoms with Gasteiger partial charge in [0.25, 0.3) is 0 Å². The minimum absolute atomic E-state index is 0.0972. The first-order valence-corrected chi connectivity index (χ1v) is 10.4. The molecule has 0 atom stereocenters. The first-order chi connectivity index (χ1) is 14.0. The maximum absolute atomic E-state index is 14.5. The van der Waals surface area contributed by atoms with Gasteiger partial charge in [0.2, 0.25) is 0 Å². The molecule has 2 aromatic carbocycles. The maximum atomic E-state index is 14.5. The molecule has 0 unspecified atom stereocenters. The second-order valence-electron chi connectivity index (χ2n) is 7.76. The Morgan fingerprint density at radius 2 is 1.76 bits per heavy atom. The Hall–Kier alpha value is -2.41. The second kappa shape index (κ2) is 9.87. The highest BCUT2D eigenvalue weighted by molar-refractivity contribution is 5.39. The van der Waals surface area contributed by atoms with Crippen LogP contribution in [0.4, 0.5) is 13.2 Å². The van der Waals surface area contributed by atoms with Crippen molar-refractivity contribution < 1.29 is 17.9 Å². The van der Waals surface area contributed by atoms with Gasteiger partial charge in [0.05, 0.1) is 12.2 Å². The Labute approximate surface area is 171 Å². The van der Waals surface area contributed by atoms with E-state index in [1.807, 2.05) is 12.1 Å². The Kier molecular flexibility index (Phi) is 7.25. The van der Waals surface area contributed by atoms with E-state index in [2.05, 4.69) is 18.8 Å². The van der Waals surface area contributed by atoms with Crippen molar-refractivity contribution >= 4 is 0 Å². The van der Waals surface area contributed by atoms with Crippen molar-refractivity contribution in [3.8, 4) is 17.6 Å². The summed E-state index contributed by atoms with van der Waals surface area (Å²) in [5.41, 5.74) is 1.10. The van der Waals surface area contributed by atoms with Gasteiger partial charge in [-0.25, -0.2) is 13.2 Å². The molecule has 1 fully saturated rings. The summed E-state index contributed by atoms with van der Waals surface area (Å²) in [6.07, 6.45) is 5.30. The fourth-order valence-corrected chi connectivity index (χ4v) is 3.73. The number of hydrogen-bond acceptors (Lipinski definition) is 1. The van der Waals surface area contributed by atoms with Crippen LogP contribution in [-0.2, 0) is 0 Å². The Morgan fingerprint density at radius 3 is 2.45 bits per heavy atom. The molecular weight excluding hydrogens is 373 g/mol. The molecule has 2 aromatic rings. The molecule has 4 heteroatoms. The predicted molar refractivity (Wildman–Crippen MR) is 109 cm³/mol. The van der Waals surface area contributed by atoms with E-state index in [0.29, 0.717) is 12.4 Å². The molecule has 0 bridgehead atoms. The van der Waals surface area contributed by atoms with Gasteiger partial charge in [0.1, 0.15) is 11.6 Å². The normalized spacial score (nSPS) is 18.8. The van der Waals surface area contributed by atoms with Gasteiger partial charge in [0.15, 0.2) is 11.6 Å². The largest absolute Gasteiger partial charge is 0.493 e. The van der Waals surface area contributed by atoms with Crippen molar-refractivity contribution in [2.45, 2.75) is 58.3 Å². The smallest absolute Gasteiger partial charge is 0.174 e. The van der Waals surface area contributed by atoms with Gasteiger partial charge in [-0.3, -0.25) is 0 Å². The lowest BCUT2D eigenvalue weighted by molar-refractivity contribution is 0.307. The van der Waals surface area contributed by atoms with Crippen molar-refractivity contribution in [1.29, 1.82) is 0 Å². The number of halogens is 3. The van der Waals surface area contributed by atoms with Gasteiger partial charge >= 0.3 is 0 Å². The SMILES string of the molecule is CCCCOc1ccc(C2CCC(C#Cc3ccc(C)c(F)c3F)CC2)c(F)c1. The predicted octanol–water partition coefficient (Wildman–Crippen LogP) is 6.92. The summed E-state index contributed by atoms with van der Waals surface area (Å²) in [5.74, 6) is 4.79. The minimum atomic E-state index is -0.880. The molecule has 0 amide bonds. The van der Waals surface area contributed by atoms with E-state index < -0.39 is 11.6 Å². The van der Waals surface area contributed by atoms with Gasteiger partial charge < -0.3 is 4.74 Å². The molecule has 1 aliphatic carbocycles. The number of rotatable bonds is 5. The molecule has 29 heavy (non-hydrogen) atoms. The van der Waals surface area contributed by atoms with Gasteiger partial charge in [-0.1, -0.05) is 37.3 Å². The molecule has 0 spiro atoms. The molecule has 1 saturated carbocycles. The molecule has 0 radical (unpaired) electrons. The summed E-state index contributed by atoms with van der Waals surface area (Å²) >= 11 is 0. The highest BCUT2D eigenvalue weighted by Gasteiger charge is 2.23. The maximum Gasteiger partial charge on any atom is 0.174 e. The average molecular weight is 400 g/mol. The van der Waals surface area contributed by atoms with E-state index in [0.717, 1.165) is 44.1 Å². The summed E-state index contributed by atoms with van der Waals surface area (Å²) in [6, 6.07) is 8.21. The summed E-state index contributed by atoms with van der Waals surface area (Å²) in [7, 11) is 0. The standard InChI is InChI=1S/C25H27F3O/c1-3-4-15-29-21-13-14-22(23(26)16-21)19-10-6-18(7-11-19)8-12-20-9-5-17(2)24(27)25(20)28/h5,9,13-14,16,18-19H,3-4,6-7,10-11,15H2,1-2H3. The summed E-state index contributed by atoms with van der Waals surface area (Å²) in [4.78, 5) is 0. The van der Waals surface area contributed by atoms with Crippen LogP contribution in [0.5, 0.6) is 5.75 Å². The first-order valence-electron chi connectivity index (χ1n) is 10.4. The van der Waals surface area contributed by atoms with E-state index in [-0.39, 0.29) is 28.8 Å². The average Bonchev–Trinajstić information content (AvgIpc) is 2.72. The quantitative estimate of drug-likeness (QED) is 0.391. The third-order valence-corrected chi connectivity index (χ3v) is 5.59. The number of unbranched alkanes of at least 4 members (excludes halogenated alkanes) is 1. The number of benzene rings is 2. The van der Waals surface area contributed by atoms with Crippen LogP contribution in [0.3, 0.4) is 0 Å². The van der Waals surface area contributed by atoms with Crippen molar-refractivity contribution in [1.82, 2.24) is 0 Å². The highest BCUT2D eigenvalue weighted by Crippen LogP contribution is 2.37. The van der Waals surface area contributed by atoms with Crippen LogP contribution in [0.15, 0.2) is 30.3 Å². The van der Waals surface area contributed by atoms with E-state index >= 15 is 0 Å². The Balaban J connectivity index is 1.59. The van der Waals surface area contributed by atoms with Gasteiger partial charge in [0, 0.05) is 12.0 Å². The molecule has 0 N–H and O–H groups in total. The molecule has 3 rings (SSSR count). The zero-order chi connectivity index (χ0) is 20.8. The fourth-order valence-electron chi connectivity index (χ4n) is 3.73. The van der Waals surface area contributed by atoms with Crippen LogP contribution in [0, 0.1) is 42.1 Å². The van der Waals surface area contributed by atoms with Gasteiger partial charge in [-0.15, -0.1) is 0 Å². The topological polar surface area (TPSA) is 9.23 Å². The molecule has 0 aliphatic heterocycles. The van der Waals surface area contributed by atoms with Crippen molar-refractivity contribution in [3.63, 3.8) is 0 Å². The zero-order valence-electron chi connectivity index (χ0n) is 17.0. The zero-order valence-corrected chi connectivity index (χ0v) is 17.0. The summed E-state index contributed by atoms with van der Waals surface area (Å²) < 4.78 is 47.7. The summed E-state index contributed by atoms with van der Waals surface area (Å²) in [6.45, 7) is 4.22. The van der Waals surface area contributed by atoms with Crippen LogP contribution in [0.25, 0.3) is 0 Å². The van der Waals surface area contributed by atoms with Gasteiger partial charge in [-0.2, -0.15) is 0 Å². The Morgan fingerprint density at radius 1 is 1.00 bits per heavy atom. The van der Waals surface area contributed by atoms with Crippen LogP contribution in [0.2, 0.25) is 0 Å². The van der Waals surface area contributed by atoms with Crippen molar-refractivity contribution in [2.75, 3.05) is 6.61 Å². The highest BCUT2D eigenvalue weighted by atomic mass is 19.2. The number of aryl methyl sites for hydroxylation is 1. The molecule has 1 nitrogen and oxygen atoms in total. The van der Waals surface area contributed by atoms with Crippen LogP contribution in [0.1, 0.15) is 68.1 Å². The van der Waals surface area contributed by atoms with E-state index in [9.17, 15) is 13.2 Å². The van der Waals surface area contributed by atoms with E-state index in [1.54, 1.807) is 0 Å². The third-order valence-electron chi connectivity index (χ3n) is 5.59. The number of ether oxygens (including phenoxy) is 1. The molecule has 154 valence electrons. The first kappa shape index (κ1) is 21.3. The number of hydrogen-bond donors (Lipinski definition) is 0. The molecule has 0 aromatic heterocycles. The van der Waals surface area contributed by atoms with E-state index in [4.69, 9.17) is 4.74 Å². The van der Waals surface area contributed by atoms with Crippen molar-refractivity contribution in [2.24, 2.45) is 5.92 Å².